The Morgan fingerprint density at radius 2 is 1.81 bits per heavy atom. The molecular weight excluding hydrogens is 488 g/mol. The van der Waals surface area contributed by atoms with Crippen LogP contribution in [-0.2, 0) is 6.54 Å². The number of anilines is 1. The minimum absolute atomic E-state index is 0.0539. The molecule has 1 aromatic heterocycles. The molecule has 0 atom stereocenters. The topological polar surface area (TPSA) is 96.3 Å². The third-order valence-corrected chi connectivity index (χ3v) is 7.00. The Morgan fingerprint density at radius 1 is 1.05 bits per heavy atom. The standard InChI is InChI=1S/C29H27ClN4O3/c1-18-9-11-19(12-10-18)17-31-29(37)34-26(20-5-4-6-20)16-25(33-34)23-14-13-21(15-27(23)35)32-28(36)22-7-2-3-8-24(22)30/h2-3,7-16,20,35H,4-6,17H2,1H3,(H,31,37)(H,32,36). The van der Waals surface area contributed by atoms with Gasteiger partial charge in [-0.2, -0.15) is 9.78 Å². The van der Waals surface area contributed by atoms with Crippen LogP contribution in [0.1, 0.15) is 52.4 Å². The largest absolute Gasteiger partial charge is 0.507 e. The number of phenols is 1. The van der Waals surface area contributed by atoms with E-state index in [-0.39, 0.29) is 23.6 Å². The monoisotopic (exact) mass is 514 g/mol. The molecule has 0 bridgehead atoms. The van der Waals surface area contributed by atoms with Crippen molar-refractivity contribution in [3.8, 4) is 17.0 Å². The van der Waals surface area contributed by atoms with E-state index in [0.717, 1.165) is 36.1 Å². The summed E-state index contributed by atoms with van der Waals surface area (Å²) in [5.41, 5.74) is 4.72. The highest BCUT2D eigenvalue weighted by Crippen LogP contribution is 2.39. The van der Waals surface area contributed by atoms with Crippen molar-refractivity contribution < 1.29 is 14.7 Å². The third-order valence-electron chi connectivity index (χ3n) is 6.67. The van der Waals surface area contributed by atoms with E-state index in [9.17, 15) is 14.7 Å². The fraction of sp³-hybridized carbons (Fsp3) is 0.207. The Morgan fingerprint density at radius 3 is 2.49 bits per heavy atom. The normalized spacial score (nSPS) is 13.1. The molecule has 4 aromatic rings. The summed E-state index contributed by atoms with van der Waals surface area (Å²) in [5.74, 6) is -0.177. The number of benzene rings is 3. The maximum atomic E-state index is 13.1. The number of aromatic nitrogens is 2. The van der Waals surface area contributed by atoms with E-state index < -0.39 is 0 Å². The summed E-state index contributed by atoms with van der Waals surface area (Å²) in [5, 5.41) is 21.4. The highest BCUT2D eigenvalue weighted by atomic mass is 35.5. The first-order valence-electron chi connectivity index (χ1n) is 12.2. The zero-order chi connectivity index (χ0) is 25.9. The van der Waals surface area contributed by atoms with Gasteiger partial charge in [0.05, 0.1) is 22.0 Å². The zero-order valence-electron chi connectivity index (χ0n) is 20.4. The molecule has 0 unspecified atom stereocenters. The van der Waals surface area contributed by atoms with Crippen LogP contribution < -0.4 is 10.6 Å². The number of aromatic hydroxyl groups is 1. The molecule has 37 heavy (non-hydrogen) atoms. The number of aryl methyl sites for hydroxylation is 1. The summed E-state index contributed by atoms with van der Waals surface area (Å²) in [6.45, 7) is 2.41. The lowest BCUT2D eigenvalue weighted by molar-refractivity contribution is 0.102. The summed E-state index contributed by atoms with van der Waals surface area (Å²) < 4.78 is 1.42. The van der Waals surface area contributed by atoms with Crippen LogP contribution in [0.25, 0.3) is 11.3 Å². The van der Waals surface area contributed by atoms with E-state index in [4.69, 9.17) is 11.6 Å². The number of nitrogens with zero attached hydrogens (tertiary/aromatic N) is 2. The molecule has 188 valence electrons. The van der Waals surface area contributed by atoms with Crippen LogP contribution in [0.5, 0.6) is 5.75 Å². The fourth-order valence-corrected chi connectivity index (χ4v) is 4.53. The van der Waals surface area contributed by atoms with Crippen molar-refractivity contribution in [2.75, 3.05) is 5.32 Å². The first-order chi connectivity index (χ1) is 17.9. The Hall–Kier alpha value is -4.10. The van der Waals surface area contributed by atoms with Crippen molar-refractivity contribution in [3.63, 3.8) is 0 Å². The predicted molar refractivity (Wildman–Crippen MR) is 144 cm³/mol. The molecule has 5 rings (SSSR count). The molecule has 3 aromatic carbocycles. The smallest absolute Gasteiger partial charge is 0.342 e. The van der Waals surface area contributed by atoms with Crippen molar-refractivity contribution in [1.82, 2.24) is 15.1 Å². The number of carbonyl (C=O) groups is 2. The molecule has 0 radical (unpaired) electrons. The fourth-order valence-electron chi connectivity index (χ4n) is 4.31. The lowest BCUT2D eigenvalue weighted by Gasteiger charge is -2.25. The van der Waals surface area contributed by atoms with Gasteiger partial charge in [-0.3, -0.25) is 4.79 Å². The minimum Gasteiger partial charge on any atom is -0.507 e. The maximum Gasteiger partial charge on any atom is 0.342 e. The molecule has 8 heteroatoms. The van der Waals surface area contributed by atoms with Crippen molar-refractivity contribution in [3.05, 3.63) is 100 Å². The van der Waals surface area contributed by atoms with E-state index in [2.05, 4.69) is 15.7 Å². The van der Waals surface area contributed by atoms with Crippen molar-refractivity contribution in [1.29, 1.82) is 0 Å². The third kappa shape index (κ3) is 5.37. The first-order valence-corrected chi connectivity index (χ1v) is 12.6. The van der Waals surface area contributed by atoms with Crippen molar-refractivity contribution >= 4 is 29.2 Å². The Kier molecular flexibility index (Phi) is 6.97. The van der Waals surface area contributed by atoms with Crippen LogP contribution in [0.15, 0.2) is 72.8 Å². The highest BCUT2D eigenvalue weighted by molar-refractivity contribution is 6.34. The van der Waals surface area contributed by atoms with Crippen LogP contribution in [-0.4, -0.2) is 26.8 Å². The van der Waals surface area contributed by atoms with Gasteiger partial charge in [0.25, 0.3) is 5.91 Å². The number of halogens is 1. The summed E-state index contributed by atoms with van der Waals surface area (Å²) >= 11 is 6.12. The van der Waals surface area contributed by atoms with Gasteiger partial charge < -0.3 is 15.7 Å². The summed E-state index contributed by atoms with van der Waals surface area (Å²) in [6, 6.07) is 21.1. The molecular formula is C29H27ClN4O3. The molecule has 0 spiro atoms. The van der Waals surface area contributed by atoms with E-state index in [1.165, 1.54) is 10.7 Å². The lowest BCUT2D eigenvalue weighted by Crippen LogP contribution is -2.31. The number of phenolic OH excluding ortho intramolecular Hbond substituents is 1. The van der Waals surface area contributed by atoms with Gasteiger partial charge in [0.15, 0.2) is 0 Å². The number of nitrogens with one attached hydrogen (secondary N) is 2. The highest BCUT2D eigenvalue weighted by Gasteiger charge is 2.27. The van der Waals surface area contributed by atoms with E-state index in [1.54, 1.807) is 36.4 Å². The molecule has 1 saturated carbocycles. The Bertz CT molecular complexity index is 1460. The molecule has 1 aliphatic carbocycles. The van der Waals surface area contributed by atoms with Crippen molar-refractivity contribution in [2.45, 2.75) is 38.6 Å². The van der Waals surface area contributed by atoms with Crippen LogP contribution >= 0.6 is 11.6 Å². The summed E-state index contributed by atoms with van der Waals surface area (Å²) in [4.78, 5) is 25.7. The van der Waals surface area contributed by atoms with Gasteiger partial charge in [-0.25, -0.2) is 4.79 Å². The molecule has 1 fully saturated rings. The zero-order valence-corrected chi connectivity index (χ0v) is 21.1. The quantitative estimate of drug-likeness (QED) is 0.274. The average molecular weight is 515 g/mol. The van der Waals surface area contributed by atoms with Crippen LogP contribution in [0.2, 0.25) is 5.02 Å². The Balaban J connectivity index is 1.36. The molecule has 0 aliphatic heterocycles. The molecule has 1 heterocycles. The number of amides is 2. The van der Waals surface area contributed by atoms with Gasteiger partial charge in [0.1, 0.15) is 5.75 Å². The minimum atomic E-state index is -0.375. The van der Waals surface area contributed by atoms with Gasteiger partial charge in [-0.15, -0.1) is 0 Å². The lowest BCUT2D eigenvalue weighted by atomic mass is 9.82. The maximum absolute atomic E-state index is 13.1. The number of carbonyl (C=O) groups excluding carboxylic acids is 2. The number of rotatable bonds is 6. The first kappa shape index (κ1) is 24.6. The Labute approximate surface area is 220 Å². The van der Waals surface area contributed by atoms with Crippen LogP contribution in [0, 0.1) is 6.92 Å². The van der Waals surface area contributed by atoms with Gasteiger partial charge in [-0.1, -0.05) is 60.0 Å². The number of hydrogen-bond donors (Lipinski definition) is 3. The van der Waals surface area contributed by atoms with Gasteiger partial charge in [0, 0.05) is 29.8 Å². The average Bonchev–Trinajstić information content (AvgIpc) is 3.27. The second-order valence-electron chi connectivity index (χ2n) is 9.30. The van der Waals surface area contributed by atoms with Crippen LogP contribution in [0.3, 0.4) is 0 Å². The van der Waals surface area contributed by atoms with E-state index in [1.807, 2.05) is 37.3 Å². The van der Waals surface area contributed by atoms with Crippen molar-refractivity contribution in [2.24, 2.45) is 0 Å². The summed E-state index contributed by atoms with van der Waals surface area (Å²) in [7, 11) is 0. The predicted octanol–water partition coefficient (Wildman–Crippen LogP) is 6.50. The second kappa shape index (κ2) is 10.5. The van der Waals surface area contributed by atoms with Gasteiger partial charge in [-0.05, 0) is 55.7 Å². The van der Waals surface area contributed by atoms with Crippen LogP contribution in [0.4, 0.5) is 10.5 Å². The second-order valence-corrected chi connectivity index (χ2v) is 9.71. The molecule has 1 aliphatic rings. The van der Waals surface area contributed by atoms with E-state index in [0.29, 0.717) is 34.1 Å². The molecule has 7 nitrogen and oxygen atoms in total. The SMILES string of the molecule is Cc1ccc(CNC(=O)n2nc(-c3ccc(NC(=O)c4ccccc4Cl)cc3O)cc2C2CCC2)cc1. The van der Waals surface area contributed by atoms with E-state index >= 15 is 0 Å². The van der Waals surface area contributed by atoms with Gasteiger partial charge in [0.2, 0.25) is 0 Å². The molecule has 3 N–H and O–H groups in total. The molecule has 0 saturated heterocycles. The molecule has 2 amide bonds. The number of hydrogen-bond acceptors (Lipinski definition) is 4. The van der Waals surface area contributed by atoms with Gasteiger partial charge >= 0.3 is 6.03 Å². The summed E-state index contributed by atoms with van der Waals surface area (Å²) in [6.07, 6.45) is 3.10.